The Labute approximate surface area is 212 Å². The van der Waals surface area contributed by atoms with Gasteiger partial charge in [0.2, 0.25) is 5.91 Å². The van der Waals surface area contributed by atoms with Crippen LogP contribution in [0.5, 0.6) is 0 Å². The van der Waals surface area contributed by atoms with Gasteiger partial charge < -0.3 is 20.3 Å². The van der Waals surface area contributed by atoms with Crippen LogP contribution in [0.1, 0.15) is 29.4 Å². The maximum absolute atomic E-state index is 14.8. The first-order valence-corrected chi connectivity index (χ1v) is 12.8. The quantitative estimate of drug-likeness (QED) is 0.499. The molecule has 35 heavy (non-hydrogen) atoms. The number of hydrogen-bond donors (Lipinski definition) is 2. The molecule has 8 nitrogen and oxygen atoms in total. The molecule has 1 aromatic heterocycles. The van der Waals surface area contributed by atoms with Gasteiger partial charge in [-0.25, -0.2) is 4.39 Å². The topological polar surface area (TPSA) is 91.0 Å². The number of nitrogens with zero attached hydrogens (tertiary/aromatic N) is 2. The molecule has 188 valence electrons. The Morgan fingerprint density at radius 3 is 2.74 bits per heavy atom. The number of halogens is 2. The number of hydrogen-bond acceptors (Lipinski definition) is 6. The number of nitrogens with one attached hydrogen (secondary N) is 2. The Balaban J connectivity index is 1.46. The molecule has 4 rings (SSSR count). The number of ether oxygens (including phenoxy) is 1. The summed E-state index contributed by atoms with van der Waals surface area (Å²) in [5, 5.41) is 5.62. The molecule has 1 aliphatic heterocycles. The highest BCUT2D eigenvalue weighted by Crippen LogP contribution is 2.30. The molecule has 11 heteroatoms. The molecule has 2 fully saturated rings. The van der Waals surface area contributed by atoms with E-state index in [4.69, 9.17) is 16.3 Å². The molecule has 0 bridgehead atoms. The Morgan fingerprint density at radius 1 is 1.31 bits per heavy atom. The third-order valence-electron chi connectivity index (χ3n) is 6.08. The highest BCUT2D eigenvalue weighted by atomic mass is 35.5. The van der Waals surface area contributed by atoms with Gasteiger partial charge in [0.15, 0.2) is 0 Å². The van der Waals surface area contributed by atoms with E-state index in [1.54, 1.807) is 18.2 Å². The van der Waals surface area contributed by atoms with Crippen molar-refractivity contribution in [1.82, 2.24) is 10.2 Å². The first kappa shape index (κ1) is 25.6. The molecule has 2 heterocycles. The summed E-state index contributed by atoms with van der Waals surface area (Å²) in [5.74, 6) is -1.02. The minimum Gasteiger partial charge on any atom is -0.370 e. The van der Waals surface area contributed by atoms with Crippen LogP contribution in [0.4, 0.5) is 15.8 Å². The van der Waals surface area contributed by atoms with E-state index in [1.165, 1.54) is 28.4 Å². The van der Waals surface area contributed by atoms with Gasteiger partial charge in [0, 0.05) is 25.3 Å². The van der Waals surface area contributed by atoms with Crippen molar-refractivity contribution in [3.8, 4) is 0 Å². The number of benzene rings is 1. The highest BCUT2D eigenvalue weighted by Gasteiger charge is 2.32. The van der Waals surface area contributed by atoms with E-state index in [-0.39, 0.29) is 48.8 Å². The largest absolute Gasteiger partial charge is 0.370 e. The van der Waals surface area contributed by atoms with E-state index < -0.39 is 11.9 Å². The van der Waals surface area contributed by atoms with Gasteiger partial charge in [-0.05, 0) is 55.6 Å². The second-order valence-corrected chi connectivity index (χ2v) is 10.3. The summed E-state index contributed by atoms with van der Waals surface area (Å²) in [6.07, 6.45) is 2.25. The lowest BCUT2D eigenvalue weighted by atomic mass is 10.1. The number of amides is 3. The lowest BCUT2D eigenvalue weighted by Crippen LogP contribution is -2.51. The van der Waals surface area contributed by atoms with Crippen LogP contribution in [-0.4, -0.2) is 68.1 Å². The van der Waals surface area contributed by atoms with Gasteiger partial charge >= 0.3 is 0 Å². The monoisotopic (exact) mass is 522 g/mol. The molecule has 1 aromatic carbocycles. The van der Waals surface area contributed by atoms with Crippen LogP contribution in [0, 0.1) is 11.7 Å². The van der Waals surface area contributed by atoms with Crippen LogP contribution in [-0.2, 0) is 14.3 Å². The molecule has 1 saturated carbocycles. The molecule has 0 unspecified atom stereocenters. The van der Waals surface area contributed by atoms with Crippen molar-refractivity contribution in [3.63, 3.8) is 0 Å². The molecule has 2 aliphatic rings. The number of carbonyl (C=O) groups is 3. The fourth-order valence-corrected chi connectivity index (χ4v) is 4.97. The van der Waals surface area contributed by atoms with Crippen molar-refractivity contribution < 1.29 is 23.5 Å². The summed E-state index contributed by atoms with van der Waals surface area (Å²) in [4.78, 5) is 41.7. The molecule has 1 atom stereocenters. The van der Waals surface area contributed by atoms with Crippen molar-refractivity contribution >= 4 is 52.0 Å². The van der Waals surface area contributed by atoms with E-state index in [0.717, 1.165) is 19.4 Å². The lowest BCUT2D eigenvalue weighted by molar-refractivity contribution is -0.125. The van der Waals surface area contributed by atoms with Gasteiger partial charge in [-0.1, -0.05) is 18.5 Å². The first-order valence-electron chi connectivity index (χ1n) is 11.6. The maximum atomic E-state index is 14.8. The van der Waals surface area contributed by atoms with Gasteiger partial charge in [-0.3, -0.25) is 19.3 Å². The minimum absolute atomic E-state index is 0.0865. The number of thiophene rings is 1. The van der Waals surface area contributed by atoms with Gasteiger partial charge in [-0.2, -0.15) is 0 Å². The minimum atomic E-state index is -0.636. The van der Waals surface area contributed by atoms with Gasteiger partial charge in [0.05, 0.1) is 21.5 Å². The van der Waals surface area contributed by atoms with Crippen LogP contribution in [0.15, 0.2) is 30.3 Å². The van der Waals surface area contributed by atoms with Gasteiger partial charge in [0.25, 0.3) is 11.8 Å². The number of likely N-dealkylation sites (N-methyl/N-ethyl adjacent to an activating group) is 1. The summed E-state index contributed by atoms with van der Waals surface area (Å²) in [6, 6.07) is 6.91. The predicted molar refractivity (Wildman–Crippen MR) is 134 cm³/mol. The highest BCUT2D eigenvalue weighted by molar-refractivity contribution is 7.18. The SMILES string of the molecule is CCN(CC1CC1)[C@H](CNC(=O)c1ccc(Cl)s1)C(=O)Nc1ccc(N2CCOCC2=O)c(F)c1. The van der Waals surface area contributed by atoms with E-state index in [0.29, 0.717) is 28.3 Å². The molecule has 1 saturated heterocycles. The van der Waals surface area contributed by atoms with Crippen molar-refractivity contribution in [2.45, 2.75) is 25.8 Å². The summed E-state index contributed by atoms with van der Waals surface area (Å²) in [6.45, 7) is 3.97. The number of morpholine rings is 1. The Kier molecular flexibility index (Phi) is 8.38. The normalized spacial score (nSPS) is 16.9. The van der Waals surface area contributed by atoms with E-state index in [9.17, 15) is 18.8 Å². The maximum Gasteiger partial charge on any atom is 0.261 e. The average molecular weight is 523 g/mol. The van der Waals surface area contributed by atoms with E-state index >= 15 is 0 Å². The second-order valence-electron chi connectivity index (χ2n) is 8.61. The number of anilines is 2. The summed E-state index contributed by atoms with van der Waals surface area (Å²) < 4.78 is 20.5. The zero-order valence-electron chi connectivity index (χ0n) is 19.4. The molecule has 2 N–H and O–H groups in total. The Morgan fingerprint density at radius 2 is 2.11 bits per heavy atom. The molecule has 0 spiro atoms. The second kappa shape index (κ2) is 11.5. The van der Waals surface area contributed by atoms with Crippen molar-refractivity contribution in [3.05, 3.63) is 45.4 Å². The van der Waals surface area contributed by atoms with Gasteiger partial charge in [0.1, 0.15) is 18.5 Å². The van der Waals surface area contributed by atoms with Crippen molar-refractivity contribution in [2.24, 2.45) is 5.92 Å². The fourth-order valence-electron chi connectivity index (χ4n) is 4.01. The molecular formula is C24H28ClFN4O4S. The third-order valence-corrected chi connectivity index (χ3v) is 7.31. The standard InChI is InChI=1S/C24H28ClFN4O4S/c1-2-29(13-15-3-4-15)19(12-27-24(33)20-7-8-21(25)35-20)23(32)28-16-5-6-18(17(26)11-16)30-9-10-34-14-22(30)31/h5-8,11,15,19H,2-4,9-10,12-14H2,1H3,(H,27,33)(H,28,32)/t19-/m1/s1. The van der Waals surface area contributed by atoms with Crippen LogP contribution in [0.25, 0.3) is 0 Å². The molecular weight excluding hydrogens is 495 g/mol. The lowest BCUT2D eigenvalue weighted by Gasteiger charge is -2.30. The number of rotatable bonds is 10. The van der Waals surface area contributed by atoms with Crippen LogP contribution in [0.3, 0.4) is 0 Å². The molecule has 3 amide bonds. The van der Waals surface area contributed by atoms with Crippen LogP contribution < -0.4 is 15.5 Å². The zero-order valence-corrected chi connectivity index (χ0v) is 21.0. The predicted octanol–water partition coefficient (Wildman–Crippen LogP) is 3.37. The van der Waals surface area contributed by atoms with Crippen molar-refractivity contribution in [1.29, 1.82) is 0 Å². The van der Waals surface area contributed by atoms with Gasteiger partial charge in [-0.15, -0.1) is 11.3 Å². The molecule has 2 aromatic rings. The molecule has 0 radical (unpaired) electrons. The number of carbonyl (C=O) groups excluding carboxylic acids is 3. The molecule has 1 aliphatic carbocycles. The van der Waals surface area contributed by atoms with Crippen LogP contribution >= 0.6 is 22.9 Å². The summed E-state index contributed by atoms with van der Waals surface area (Å²) in [7, 11) is 0. The Bertz CT molecular complexity index is 1090. The third kappa shape index (κ3) is 6.58. The Hall–Kier alpha value is -2.53. The average Bonchev–Trinajstić information content (AvgIpc) is 3.55. The fraction of sp³-hybridized carbons (Fsp3) is 0.458. The first-order chi connectivity index (χ1) is 16.9. The van der Waals surface area contributed by atoms with E-state index in [2.05, 4.69) is 10.6 Å². The summed E-state index contributed by atoms with van der Waals surface area (Å²) in [5.41, 5.74) is 0.430. The van der Waals surface area contributed by atoms with Crippen molar-refractivity contribution in [2.75, 3.05) is 49.6 Å². The summed E-state index contributed by atoms with van der Waals surface area (Å²) >= 11 is 7.10. The van der Waals surface area contributed by atoms with Crippen LogP contribution in [0.2, 0.25) is 4.34 Å². The zero-order chi connectivity index (χ0) is 24.9. The van der Waals surface area contributed by atoms with E-state index in [1.807, 2.05) is 11.8 Å². The smallest absolute Gasteiger partial charge is 0.261 e.